The van der Waals surface area contributed by atoms with Crippen LogP contribution in [0.5, 0.6) is 0 Å². The van der Waals surface area contributed by atoms with Crippen molar-refractivity contribution in [2.45, 2.75) is 32.2 Å². The lowest BCUT2D eigenvalue weighted by Gasteiger charge is -2.21. The van der Waals surface area contributed by atoms with Crippen LogP contribution in [0.3, 0.4) is 0 Å². The summed E-state index contributed by atoms with van der Waals surface area (Å²) in [5.41, 5.74) is 8.58. The van der Waals surface area contributed by atoms with Gasteiger partial charge in [0.05, 0.1) is 5.54 Å². The number of nitrogens with two attached hydrogens (primary N) is 1. The summed E-state index contributed by atoms with van der Waals surface area (Å²) >= 11 is 0. The van der Waals surface area contributed by atoms with Crippen LogP contribution in [-0.4, -0.2) is 18.5 Å². The normalized spacial score (nSPS) is 17.0. The van der Waals surface area contributed by atoms with Crippen molar-refractivity contribution in [3.63, 3.8) is 0 Å². The standard InChI is InChI=1S/C13H18N2O/c1-9-6-10(2)8-11(7-9)15(3)12(16)13(14)4-5-13/h6-8H,4-5,14H2,1-3H3. The molecule has 3 heteroatoms. The number of likely N-dealkylation sites (N-methyl/N-ethyl adjacent to an activating group) is 1. The summed E-state index contributed by atoms with van der Waals surface area (Å²) < 4.78 is 0. The van der Waals surface area contributed by atoms with Gasteiger partial charge in [-0.1, -0.05) is 6.07 Å². The molecule has 0 atom stereocenters. The predicted molar refractivity (Wildman–Crippen MR) is 65.5 cm³/mol. The van der Waals surface area contributed by atoms with Gasteiger partial charge in [0.1, 0.15) is 0 Å². The Bertz CT molecular complexity index is 415. The van der Waals surface area contributed by atoms with Gasteiger partial charge in [0.25, 0.3) is 0 Å². The topological polar surface area (TPSA) is 46.3 Å². The molecule has 1 aromatic rings. The number of nitrogens with zero attached hydrogens (tertiary/aromatic N) is 1. The van der Waals surface area contributed by atoms with Gasteiger partial charge in [-0.15, -0.1) is 0 Å². The molecule has 0 radical (unpaired) electrons. The second-order valence-corrected chi connectivity index (χ2v) is 4.87. The van der Waals surface area contributed by atoms with E-state index < -0.39 is 5.54 Å². The molecule has 0 heterocycles. The van der Waals surface area contributed by atoms with Gasteiger partial charge >= 0.3 is 0 Å². The molecule has 0 bridgehead atoms. The van der Waals surface area contributed by atoms with Crippen molar-refractivity contribution in [1.29, 1.82) is 0 Å². The maximum absolute atomic E-state index is 12.1. The number of rotatable bonds is 2. The molecule has 0 spiro atoms. The van der Waals surface area contributed by atoms with Gasteiger partial charge in [0.15, 0.2) is 0 Å². The molecule has 86 valence electrons. The highest BCUT2D eigenvalue weighted by Gasteiger charge is 2.47. The minimum atomic E-state index is -0.591. The van der Waals surface area contributed by atoms with E-state index in [1.165, 1.54) is 0 Å². The number of benzene rings is 1. The van der Waals surface area contributed by atoms with E-state index in [1.807, 2.05) is 26.0 Å². The lowest BCUT2D eigenvalue weighted by molar-refractivity contribution is -0.120. The SMILES string of the molecule is Cc1cc(C)cc(N(C)C(=O)C2(N)CC2)c1. The average Bonchev–Trinajstić information content (AvgIpc) is 2.94. The molecule has 16 heavy (non-hydrogen) atoms. The first kappa shape index (κ1) is 11.1. The van der Waals surface area contributed by atoms with Crippen molar-refractivity contribution in [2.24, 2.45) is 5.73 Å². The molecular weight excluding hydrogens is 200 g/mol. The van der Waals surface area contributed by atoms with Crippen LogP contribution in [0, 0.1) is 13.8 Å². The van der Waals surface area contributed by atoms with Crippen LogP contribution in [0.15, 0.2) is 18.2 Å². The average molecular weight is 218 g/mol. The molecule has 0 aliphatic heterocycles. The molecule has 1 aliphatic carbocycles. The van der Waals surface area contributed by atoms with Gasteiger partial charge in [-0.3, -0.25) is 4.79 Å². The first-order valence-corrected chi connectivity index (χ1v) is 5.58. The summed E-state index contributed by atoms with van der Waals surface area (Å²) in [5.74, 6) is 0.0255. The molecule has 2 N–H and O–H groups in total. The number of aryl methyl sites for hydroxylation is 2. The summed E-state index contributed by atoms with van der Waals surface area (Å²) in [6.07, 6.45) is 1.61. The molecule has 0 aromatic heterocycles. The molecule has 0 unspecified atom stereocenters. The van der Waals surface area contributed by atoms with Gasteiger partial charge in [0.2, 0.25) is 5.91 Å². The van der Waals surface area contributed by atoms with Gasteiger partial charge in [-0.05, 0) is 49.9 Å². The molecule has 1 amide bonds. The molecular formula is C13H18N2O. The zero-order valence-electron chi connectivity index (χ0n) is 10.1. The molecule has 3 nitrogen and oxygen atoms in total. The zero-order chi connectivity index (χ0) is 11.9. The number of anilines is 1. The maximum atomic E-state index is 12.1. The highest BCUT2D eigenvalue weighted by molar-refractivity contribution is 6.01. The minimum absolute atomic E-state index is 0.0255. The van der Waals surface area contributed by atoms with E-state index in [1.54, 1.807) is 11.9 Å². The van der Waals surface area contributed by atoms with E-state index in [0.717, 1.165) is 29.7 Å². The summed E-state index contributed by atoms with van der Waals surface area (Å²) in [5, 5.41) is 0. The summed E-state index contributed by atoms with van der Waals surface area (Å²) in [4.78, 5) is 13.7. The van der Waals surface area contributed by atoms with Gasteiger partial charge < -0.3 is 10.6 Å². The fraction of sp³-hybridized carbons (Fsp3) is 0.462. The fourth-order valence-electron chi connectivity index (χ4n) is 1.94. The van der Waals surface area contributed by atoms with E-state index in [4.69, 9.17) is 5.73 Å². The molecule has 1 saturated carbocycles. The van der Waals surface area contributed by atoms with Crippen LogP contribution in [-0.2, 0) is 4.79 Å². The third-order valence-electron chi connectivity index (χ3n) is 3.11. The maximum Gasteiger partial charge on any atom is 0.246 e. The summed E-state index contributed by atoms with van der Waals surface area (Å²) in [7, 11) is 1.80. The Balaban J connectivity index is 2.26. The van der Waals surface area contributed by atoms with Gasteiger partial charge in [-0.2, -0.15) is 0 Å². The van der Waals surface area contributed by atoms with Crippen molar-refractivity contribution < 1.29 is 4.79 Å². The Morgan fingerprint density at radius 2 is 1.75 bits per heavy atom. The van der Waals surface area contributed by atoms with Gasteiger partial charge in [0, 0.05) is 12.7 Å². The van der Waals surface area contributed by atoms with Crippen LogP contribution in [0.2, 0.25) is 0 Å². The summed E-state index contributed by atoms with van der Waals surface area (Å²) in [6, 6.07) is 6.12. The minimum Gasteiger partial charge on any atom is -0.317 e. The Morgan fingerprint density at radius 3 is 2.19 bits per heavy atom. The molecule has 1 fully saturated rings. The number of carbonyl (C=O) groups excluding carboxylic acids is 1. The first-order chi connectivity index (χ1) is 7.42. The lowest BCUT2D eigenvalue weighted by Crippen LogP contribution is -2.43. The number of hydrogen-bond acceptors (Lipinski definition) is 2. The Hall–Kier alpha value is -1.35. The van der Waals surface area contributed by atoms with E-state index in [2.05, 4.69) is 6.07 Å². The molecule has 1 aromatic carbocycles. The first-order valence-electron chi connectivity index (χ1n) is 5.58. The van der Waals surface area contributed by atoms with Gasteiger partial charge in [-0.25, -0.2) is 0 Å². The highest BCUT2D eigenvalue weighted by Crippen LogP contribution is 2.35. The second kappa shape index (κ2) is 3.59. The number of carbonyl (C=O) groups is 1. The van der Waals surface area contributed by atoms with Crippen LogP contribution < -0.4 is 10.6 Å². The van der Waals surface area contributed by atoms with Crippen LogP contribution in [0.25, 0.3) is 0 Å². The monoisotopic (exact) mass is 218 g/mol. The van der Waals surface area contributed by atoms with E-state index in [0.29, 0.717) is 0 Å². The van der Waals surface area contributed by atoms with Crippen LogP contribution >= 0.6 is 0 Å². The molecule has 1 aliphatic rings. The smallest absolute Gasteiger partial charge is 0.246 e. The third kappa shape index (κ3) is 1.95. The van der Waals surface area contributed by atoms with E-state index in [9.17, 15) is 4.79 Å². The lowest BCUT2D eigenvalue weighted by atomic mass is 10.1. The zero-order valence-corrected chi connectivity index (χ0v) is 10.1. The van der Waals surface area contributed by atoms with E-state index in [-0.39, 0.29) is 5.91 Å². The summed E-state index contributed by atoms with van der Waals surface area (Å²) in [6.45, 7) is 4.06. The predicted octanol–water partition coefficient (Wildman–Crippen LogP) is 1.76. The fourth-order valence-corrected chi connectivity index (χ4v) is 1.94. The molecule has 2 rings (SSSR count). The third-order valence-corrected chi connectivity index (χ3v) is 3.11. The van der Waals surface area contributed by atoms with Crippen molar-refractivity contribution in [1.82, 2.24) is 0 Å². The Kier molecular flexibility index (Phi) is 2.50. The number of hydrogen-bond donors (Lipinski definition) is 1. The van der Waals surface area contributed by atoms with Crippen molar-refractivity contribution >= 4 is 11.6 Å². The number of amides is 1. The quantitative estimate of drug-likeness (QED) is 0.822. The van der Waals surface area contributed by atoms with Crippen LogP contribution in [0.1, 0.15) is 24.0 Å². The Labute approximate surface area is 96.2 Å². The second-order valence-electron chi connectivity index (χ2n) is 4.87. The van der Waals surface area contributed by atoms with E-state index >= 15 is 0 Å². The van der Waals surface area contributed by atoms with Crippen molar-refractivity contribution in [3.8, 4) is 0 Å². The largest absolute Gasteiger partial charge is 0.317 e. The van der Waals surface area contributed by atoms with Crippen molar-refractivity contribution in [2.75, 3.05) is 11.9 Å². The molecule has 0 saturated heterocycles. The Morgan fingerprint density at radius 1 is 1.25 bits per heavy atom. The highest BCUT2D eigenvalue weighted by atomic mass is 16.2. The van der Waals surface area contributed by atoms with Crippen molar-refractivity contribution in [3.05, 3.63) is 29.3 Å². The van der Waals surface area contributed by atoms with Crippen LogP contribution in [0.4, 0.5) is 5.69 Å².